The van der Waals surface area contributed by atoms with Crippen molar-refractivity contribution in [2.75, 3.05) is 25.0 Å². The number of hydrogen-bond acceptors (Lipinski definition) is 5. The average molecular weight is 334 g/mol. The van der Waals surface area contributed by atoms with Gasteiger partial charge in [0.15, 0.2) is 0 Å². The van der Waals surface area contributed by atoms with E-state index in [2.05, 4.69) is 5.32 Å². The predicted octanol–water partition coefficient (Wildman–Crippen LogP) is 1.44. The number of carbonyl (C=O) groups excluding carboxylic acids is 3. The normalized spacial score (nSPS) is 17.2. The number of aromatic hydroxyl groups is 1. The molecule has 0 bridgehead atoms. The van der Waals surface area contributed by atoms with Gasteiger partial charge in [-0.1, -0.05) is 6.07 Å². The molecule has 24 heavy (non-hydrogen) atoms. The molecule has 0 spiro atoms. The highest BCUT2D eigenvalue weighted by atomic mass is 16.5. The van der Waals surface area contributed by atoms with Crippen molar-refractivity contribution >= 4 is 23.5 Å². The maximum atomic E-state index is 12.3. The largest absolute Gasteiger partial charge is 0.506 e. The quantitative estimate of drug-likeness (QED) is 0.495. The molecule has 0 aromatic heterocycles. The van der Waals surface area contributed by atoms with Crippen LogP contribution in [0.15, 0.2) is 18.2 Å². The van der Waals surface area contributed by atoms with Gasteiger partial charge in [0.05, 0.1) is 18.2 Å². The Labute approximate surface area is 140 Å². The van der Waals surface area contributed by atoms with E-state index in [0.29, 0.717) is 19.4 Å². The number of nitrogens with zero attached hydrogens (tertiary/aromatic N) is 1. The van der Waals surface area contributed by atoms with Crippen LogP contribution in [-0.4, -0.2) is 47.5 Å². The van der Waals surface area contributed by atoms with Crippen molar-refractivity contribution in [1.82, 2.24) is 4.90 Å². The fraction of sp³-hybridized carbons (Fsp3) is 0.471. The molecule has 2 rings (SSSR count). The number of carbonyl (C=O) groups is 3. The van der Waals surface area contributed by atoms with E-state index in [9.17, 15) is 19.5 Å². The van der Waals surface area contributed by atoms with Crippen LogP contribution in [0.1, 0.15) is 25.3 Å². The molecule has 7 heteroatoms. The van der Waals surface area contributed by atoms with Gasteiger partial charge in [0.2, 0.25) is 0 Å². The molecule has 1 aromatic rings. The highest BCUT2D eigenvalue weighted by Crippen LogP contribution is 2.24. The SMILES string of the molecule is CCOC(=O)C1CCCN(C(=O)C(=O)Nc2ccc(C)cc2O)C1. The monoisotopic (exact) mass is 334 g/mol. The summed E-state index contributed by atoms with van der Waals surface area (Å²) in [5, 5.41) is 12.2. The van der Waals surface area contributed by atoms with Gasteiger partial charge >= 0.3 is 17.8 Å². The molecule has 0 aliphatic carbocycles. The molecule has 1 aromatic carbocycles. The first-order chi connectivity index (χ1) is 11.4. The number of rotatable bonds is 3. The zero-order chi connectivity index (χ0) is 17.7. The maximum Gasteiger partial charge on any atom is 0.314 e. The third-order valence-electron chi connectivity index (χ3n) is 3.92. The number of ether oxygens (including phenoxy) is 1. The fourth-order valence-electron chi connectivity index (χ4n) is 2.68. The van der Waals surface area contributed by atoms with E-state index in [1.54, 1.807) is 19.9 Å². The van der Waals surface area contributed by atoms with Crippen molar-refractivity contribution in [3.05, 3.63) is 23.8 Å². The molecular formula is C17H22N2O5. The first kappa shape index (κ1) is 17.8. The standard InChI is InChI=1S/C17H22N2O5/c1-3-24-17(23)12-5-4-8-19(10-12)16(22)15(21)18-13-7-6-11(2)9-14(13)20/h6-7,9,12,20H,3-5,8,10H2,1-2H3,(H,18,21). The molecule has 1 saturated heterocycles. The summed E-state index contributed by atoms with van der Waals surface area (Å²) in [5.74, 6) is -2.39. The van der Waals surface area contributed by atoms with E-state index in [4.69, 9.17) is 4.74 Å². The number of phenolic OH excluding ortho intramolecular Hbond substituents is 1. The zero-order valence-electron chi connectivity index (χ0n) is 13.9. The predicted molar refractivity (Wildman–Crippen MR) is 87.4 cm³/mol. The molecule has 7 nitrogen and oxygen atoms in total. The lowest BCUT2D eigenvalue weighted by Crippen LogP contribution is -2.47. The molecule has 1 aliphatic rings. The Kier molecular flexibility index (Phi) is 5.78. The van der Waals surface area contributed by atoms with E-state index in [1.807, 2.05) is 0 Å². The van der Waals surface area contributed by atoms with Crippen molar-refractivity contribution in [2.45, 2.75) is 26.7 Å². The first-order valence-corrected chi connectivity index (χ1v) is 7.99. The number of piperidine rings is 1. The van der Waals surface area contributed by atoms with Crippen LogP contribution in [0.3, 0.4) is 0 Å². The van der Waals surface area contributed by atoms with Crippen LogP contribution in [0.2, 0.25) is 0 Å². The van der Waals surface area contributed by atoms with Crippen molar-refractivity contribution in [3.63, 3.8) is 0 Å². The van der Waals surface area contributed by atoms with Crippen molar-refractivity contribution < 1.29 is 24.2 Å². The summed E-state index contributed by atoms with van der Waals surface area (Å²) in [5.41, 5.74) is 1.02. The second kappa shape index (κ2) is 7.81. The van der Waals surface area contributed by atoms with E-state index in [-0.39, 0.29) is 30.6 Å². The molecule has 1 unspecified atom stereocenters. The van der Waals surface area contributed by atoms with Crippen LogP contribution in [-0.2, 0) is 19.1 Å². The van der Waals surface area contributed by atoms with E-state index in [1.165, 1.54) is 17.0 Å². The first-order valence-electron chi connectivity index (χ1n) is 7.99. The van der Waals surface area contributed by atoms with Gasteiger partial charge in [-0.25, -0.2) is 0 Å². The summed E-state index contributed by atoms with van der Waals surface area (Å²) in [6, 6.07) is 4.75. The topological polar surface area (TPSA) is 95.9 Å². The molecule has 0 saturated carbocycles. The van der Waals surface area contributed by atoms with Crippen molar-refractivity contribution in [2.24, 2.45) is 5.92 Å². The number of anilines is 1. The van der Waals surface area contributed by atoms with Crippen LogP contribution in [0.5, 0.6) is 5.75 Å². The van der Waals surface area contributed by atoms with Gasteiger partial charge < -0.3 is 20.1 Å². The summed E-state index contributed by atoms with van der Waals surface area (Å²) in [7, 11) is 0. The second-order valence-corrected chi connectivity index (χ2v) is 5.82. The molecular weight excluding hydrogens is 312 g/mol. The lowest BCUT2D eigenvalue weighted by molar-refractivity contribution is -0.153. The zero-order valence-corrected chi connectivity index (χ0v) is 13.9. The molecule has 130 valence electrons. The number of aryl methyl sites for hydroxylation is 1. The molecule has 2 N–H and O–H groups in total. The molecule has 1 aliphatic heterocycles. The number of amides is 2. The minimum absolute atomic E-state index is 0.0980. The van der Waals surface area contributed by atoms with Gasteiger partial charge in [0.25, 0.3) is 0 Å². The Balaban J connectivity index is 1.99. The number of phenols is 1. The van der Waals surface area contributed by atoms with Crippen LogP contribution < -0.4 is 5.32 Å². The van der Waals surface area contributed by atoms with Gasteiger partial charge in [0, 0.05) is 13.1 Å². The van der Waals surface area contributed by atoms with Gasteiger partial charge in [-0.05, 0) is 44.4 Å². The lowest BCUT2D eigenvalue weighted by Gasteiger charge is -2.31. The third-order valence-corrected chi connectivity index (χ3v) is 3.92. The molecule has 0 radical (unpaired) electrons. The van der Waals surface area contributed by atoms with Gasteiger partial charge in [-0.15, -0.1) is 0 Å². The Bertz CT molecular complexity index is 644. The van der Waals surface area contributed by atoms with Crippen molar-refractivity contribution in [1.29, 1.82) is 0 Å². The maximum absolute atomic E-state index is 12.3. The lowest BCUT2D eigenvalue weighted by atomic mass is 9.98. The van der Waals surface area contributed by atoms with E-state index >= 15 is 0 Å². The van der Waals surface area contributed by atoms with Gasteiger partial charge in [-0.2, -0.15) is 0 Å². The Morgan fingerprint density at radius 3 is 2.79 bits per heavy atom. The third kappa shape index (κ3) is 4.24. The summed E-state index contributed by atoms with van der Waals surface area (Å²) >= 11 is 0. The van der Waals surface area contributed by atoms with Crippen LogP contribution >= 0.6 is 0 Å². The highest BCUT2D eigenvalue weighted by molar-refractivity contribution is 6.39. The average Bonchev–Trinajstić information content (AvgIpc) is 2.57. The number of esters is 1. The summed E-state index contributed by atoms with van der Waals surface area (Å²) in [4.78, 5) is 37.6. The van der Waals surface area contributed by atoms with Gasteiger partial charge in [-0.3, -0.25) is 14.4 Å². The van der Waals surface area contributed by atoms with Crippen LogP contribution in [0.4, 0.5) is 5.69 Å². The minimum Gasteiger partial charge on any atom is -0.506 e. The van der Waals surface area contributed by atoms with Gasteiger partial charge in [0.1, 0.15) is 5.75 Å². The molecule has 1 heterocycles. The molecule has 2 amide bonds. The number of hydrogen-bond donors (Lipinski definition) is 2. The molecule has 1 atom stereocenters. The highest BCUT2D eigenvalue weighted by Gasteiger charge is 2.32. The fourth-order valence-corrected chi connectivity index (χ4v) is 2.68. The van der Waals surface area contributed by atoms with E-state index < -0.39 is 17.7 Å². The minimum atomic E-state index is -0.835. The Hall–Kier alpha value is -2.57. The smallest absolute Gasteiger partial charge is 0.314 e. The summed E-state index contributed by atoms with van der Waals surface area (Å²) < 4.78 is 4.98. The Morgan fingerprint density at radius 1 is 1.38 bits per heavy atom. The summed E-state index contributed by atoms with van der Waals surface area (Å²) in [6.07, 6.45) is 1.28. The van der Waals surface area contributed by atoms with Crippen LogP contribution in [0, 0.1) is 12.8 Å². The summed E-state index contributed by atoms with van der Waals surface area (Å²) in [6.45, 7) is 4.41. The van der Waals surface area contributed by atoms with Crippen LogP contribution in [0.25, 0.3) is 0 Å². The van der Waals surface area contributed by atoms with E-state index in [0.717, 1.165) is 5.56 Å². The second-order valence-electron chi connectivity index (χ2n) is 5.82. The molecule has 1 fully saturated rings. The number of benzene rings is 1. The number of likely N-dealkylation sites (tertiary alicyclic amines) is 1. The van der Waals surface area contributed by atoms with Crippen molar-refractivity contribution in [3.8, 4) is 5.75 Å². The number of nitrogens with one attached hydrogen (secondary N) is 1. The Morgan fingerprint density at radius 2 is 2.12 bits per heavy atom.